The summed E-state index contributed by atoms with van der Waals surface area (Å²) in [5.41, 5.74) is 4.84. The summed E-state index contributed by atoms with van der Waals surface area (Å²) in [5.74, 6) is 0. The summed E-state index contributed by atoms with van der Waals surface area (Å²) in [5, 5.41) is 0.221. The molecule has 1 heterocycles. The van der Waals surface area contributed by atoms with Gasteiger partial charge >= 0.3 is 0 Å². The standard InChI is InChI=1S/C25H28ClN3O2S/c1-28(2)22-13-11-20(12-14-22)24(29-16-15-19-7-3-4-8-21(19)18-29)17-27-32(30,31)25-10-6-5-9-23(25)26/h3-14,24,27H,15-18H2,1-2H3. The van der Waals surface area contributed by atoms with Gasteiger partial charge in [-0.3, -0.25) is 4.90 Å². The average Bonchev–Trinajstić information content (AvgIpc) is 2.79. The van der Waals surface area contributed by atoms with Gasteiger partial charge in [-0.15, -0.1) is 0 Å². The summed E-state index contributed by atoms with van der Waals surface area (Å²) in [7, 11) is 0.280. The molecule has 1 N–H and O–H groups in total. The molecular formula is C25H28ClN3O2S. The van der Waals surface area contributed by atoms with Gasteiger partial charge in [-0.25, -0.2) is 13.1 Å². The summed E-state index contributed by atoms with van der Waals surface area (Å²) < 4.78 is 28.8. The Morgan fingerprint density at radius 3 is 2.31 bits per heavy atom. The first-order valence-corrected chi connectivity index (χ1v) is 12.5. The molecule has 5 nitrogen and oxygen atoms in total. The lowest BCUT2D eigenvalue weighted by molar-refractivity contribution is 0.180. The molecular weight excluding hydrogens is 442 g/mol. The first-order valence-electron chi connectivity index (χ1n) is 10.7. The number of hydrogen-bond acceptors (Lipinski definition) is 4. The Labute approximate surface area is 195 Å². The average molecular weight is 470 g/mol. The zero-order valence-corrected chi connectivity index (χ0v) is 19.9. The Bertz CT molecular complexity index is 1180. The third-order valence-corrected chi connectivity index (χ3v) is 7.91. The van der Waals surface area contributed by atoms with Crippen LogP contribution in [0.2, 0.25) is 5.02 Å². The molecule has 7 heteroatoms. The monoisotopic (exact) mass is 469 g/mol. The van der Waals surface area contributed by atoms with Crippen molar-refractivity contribution in [2.45, 2.75) is 23.9 Å². The lowest BCUT2D eigenvalue weighted by Gasteiger charge is -2.36. The molecule has 1 aliphatic rings. The van der Waals surface area contributed by atoms with Crippen molar-refractivity contribution in [1.82, 2.24) is 9.62 Å². The van der Waals surface area contributed by atoms with E-state index >= 15 is 0 Å². The van der Waals surface area contributed by atoms with E-state index < -0.39 is 10.0 Å². The van der Waals surface area contributed by atoms with Crippen LogP contribution in [0.4, 0.5) is 5.69 Å². The molecule has 32 heavy (non-hydrogen) atoms. The van der Waals surface area contributed by atoms with E-state index in [1.54, 1.807) is 18.2 Å². The van der Waals surface area contributed by atoms with Crippen molar-refractivity contribution in [3.63, 3.8) is 0 Å². The van der Waals surface area contributed by atoms with Gasteiger partial charge in [-0.05, 0) is 47.4 Å². The number of nitrogens with one attached hydrogen (secondary N) is 1. The lowest BCUT2D eigenvalue weighted by Crippen LogP contribution is -2.40. The van der Waals surface area contributed by atoms with Crippen LogP contribution in [0.5, 0.6) is 0 Å². The van der Waals surface area contributed by atoms with Gasteiger partial charge in [0.05, 0.1) is 5.02 Å². The van der Waals surface area contributed by atoms with Gasteiger partial charge in [0.2, 0.25) is 10.0 Å². The minimum Gasteiger partial charge on any atom is -0.378 e. The number of benzene rings is 3. The SMILES string of the molecule is CN(C)c1ccc(C(CNS(=O)(=O)c2ccccc2Cl)N2CCc3ccccc3C2)cc1. The van der Waals surface area contributed by atoms with Gasteiger partial charge in [-0.1, -0.05) is 60.1 Å². The Morgan fingerprint density at radius 2 is 1.62 bits per heavy atom. The van der Waals surface area contributed by atoms with Gasteiger partial charge < -0.3 is 4.90 Å². The number of rotatable bonds is 7. The molecule has 0 aliphatic carbocycles. The maximum absolute atomic E-state index is 13.0. The summed E-state index contributed by atoms with van der Waals surface area (Å²) in [6, 6.07) is 23.2. The predicted octanol–water partition coefficient (Wildman–Crippen LogP) is 4.48. The fourth-order valence-corrected chi connectivity index (χ4v) is 5.72. The van der Waals surface area contributed by atoms with Crippen LogP contribution in [0.1, 0.15) is 22.7 Å². The van der Waals surface area contributed by atoms with Crippen LogP contribution in [0.3, 0.4) is 0 Å². The lowest BCUT2D eigenvalue weighted by atomic mass is 9.96. The summed E-state index contributed by atoms with van der Waals surface area (Å²) in [6.45, 7) is 1.91. The van der Waals surface area contributed by atoms with Gasteiger partial charge in [-0.2, -0.15) is 0 Å². The highest BCUT2D eigenvalue weighted by atomic mass is 35.5. The Balaban J connectivity index is 1.61. The molecule has 0 fully saturated rings. The first kappa shape index (κ1) is 22.8. The van der Waals surface area contributed by atoms with Gasteiger partial charge in [0, 0.05) is 45.5 Å². The molecule has 0 radical (unpaired) electrons. The van der Waals surface area contributed by atoms with Crippen LogP contribution < -0.4 is 9.62 Å². The predicted molar refractivity (Wildman–Crippen MR) is 131 cm³/mol. The minimum absolute atomic E-state index is 0.100. The number of anilines is 1. The zero-order chi connectivity index (χ0) is 22.7. The van der Waals surface area contributed by atoms with E-state index in [9.17, 15) is 8.42 Å². The quantitative estimate of drug-likeness (QED) is 0.554. The second-order valence-corrected chi connectivity index (χ2v) is 10.4. The molecule has 4 rings (SSSR count). The zero-order valence-electron chi connectivity index (χ0n) is 18.3. The van der Waals surface area contributed by atoms with Crippen molar-refractivity contribution in [2.75, 3.05) is 32.1 Å². The fourth-order valence-electron chi connectivity index (χ4n) is 4.17. The molecule has 0 amide bonds. The van der Waals surface area contributed by atoms with Gasteiger partial charge in [0.15, 0.2) is 0 Å². The number of hydrogen-bond donors (Lipinski definition) is 1. The second kappa shape index (κ2) is 9.63. The third kappa shape index (κ3) is 4.99. The van der Waals surface area contributed by atoms with Crippen molar-refractivity contribution in [3.8, 4) is 0 Å². The topological polar surface area (TPSA) is 52.7 Å². The van der Waals surface area contributed by atoms with Gasteiger partial charge in [0.25, 0.3) is 0 Å². The normalized spacial score (nSPS) is 15.2. The molecule has 0 bridgehead atoms. The highest BCUT2D eigenvalue weighted by Crippen LogP contribution is 2.29. The third-order valence-electron chi connectivity index (χ3n) is 5.99. The molecule has 168 valence electrons. The van der Waals surface area contributed by atoms with E-state index in [1.807, 2.05) is 14.1 Å². The smallest absolute Gasteiger partial charge is 0.242 e. The maximum atomic E-state index is 13.0. The largest absolute Gasteiger partial charge is 0.378 e. The van der Waals surface area contributed by atoms with Crippen molar-refractivity contribution >= 4 is 27.3 Å². The van der Waals surface area contributed by atoms with E-state index in [4.69, 9.17) is 11.6 Å². The van der Waals surface area contributed by atoms with Crippen molar-refractivity contribution in [3.05, 3.63) is 94.5 Å². The van der Waals surface area contributed by atoms with Crippen LogP contribution in [0.15, 0.2) is 77.7 Å². The van der Waals surface area contributed by atoms with E-state index in [0.717, 1.165) is 30.8 Å². The maximum Gasteiger partial charge on any atom is 0.242 e. The van der Waals surface area contributed by atoms with E-state index in [2.05, 4.69) is 63.1 Å². The molecule has 1 atom stereocenters. The molecule has 0 aromatic heterocycles. The molecule has 1 aliphatic heterocycles. The summed E-state index contributed by atoms with van der Waals surface area (Å²) in [6.07, 6.45) is 0.944. The van der Waals surface area contributed by atoms with E-state index in [1.165, 1.54) is 17.2 Å². The van der Waals surface area contributed by atoms with Crippen molar-refractivity contribution < 1.29 is 8.42 Å². The Hall–Kier alpha value is -2.38. The van der Waals surface area contributed by atoms with Crippen LogP contribution in [0.25, 0.3) is 0 Å². The Morgan fingerprint density at radius 1 is 0.969 bits per heavy atom. The summed E-state index contributed by atoms with van der Waals surface area (Å²) >= 11 is 6.16. The molecule has 1 unspecified atom stereocenters. The summed E-state index contributed by atoms with van der Waals surface area (Å²) in [4.78, 5) is 4.50. The molecule has 0 spiro atoms. The first-order chi connectivity index (χ1) is 15.3. The van der Waals surface area contributed by atoms with E-state index in [-0.39, 0.29) is 22.5 Å². The number of sulfonamides is 1. The minimum atomic E-state index is -3.73. The molecule has 0 saturated carbocycles. The van der Waals surface area contributed by atoms with Crippen LogP contribution in [-0.2, 0) is 23.0 Å². The highest BCUT2D eigenvalue weighted by molar-refractivity contribution is 7.89. The van der Waals surface area contributed by atoms with Gasteiger partial charge in [0.1, 0.15) is 4.90 Å². The molecule has 3 aromatic rings. The van der Waals surface area contributed by atoms with E-state index in [0.29, 0.717) is 0 Å². The molecule has 0 saturated heterocycles. The van der Waals surface area contributed by atoms with Crippen LogP contribution in [-0.4, -0.2) is 40.5 Å². The highest BCUT2D eigenvalue weighted by Gasteiger charge is 2.27. The van der Waals surface area contributed by atoms with Crippen LogP contribution >= 0.6 is 11.6 Å². The van der Waals surface area contributed by atoms with Crippen molar-refractivity contribution in [2.24, 2.45) is 0 Å². The van der Waals surface area contributed by atoms with Crippen LogP contribution in [0, 0.1) is 0 Å². The second-order valence-electron chi connectivity index (χ2n) is 8.27. The number of halogens is 1. The molecule has 3 aromatic carbocycles. The fraction of sp³-hybridized carbons (Fsp3) is 0.280. The Kier molecular flexibility index (Phi) is 6.86. The number of nitrogens with zero attached hydrogens (tertiary/aromatic N) is 2. The number of fused-ring (bicyclic) bond motifs is 1. The van der Waals surface area contributed by atoms with Crippen molar-refractivity contribution in [1.29, 1.82) is 0 Å².